The average molecular weight is 502 g/mol. The molecule has 0 saturated heterocycles. The highest BCUT2D eigenvalue weighted by Crippen LogP contribution is 2.47. The number of methoxy groups -OCH3 is 5. The molecule has 0 spiro atoms. The lowest BCUT2D eigenvalue weighted by molar-refractivity contribution is 0.324. The van der Waals surface area contributed by atoms with Gasteiger partial charge in [0, 0.05) is 17.2 Å². The Morgan fingerprint density at radius 2 is 1.11 bits per heavy atom. The molecule has 8 nitrogen and oxygen atoms in total. The first kappa shape index (κ1) is 26.3. The fourth-order valence-electron chi connectivity index (χ4n) is 3.31. The summed E-state index contributed by atoms with van der Waals surface area (Å²) in [5, 5.41) is 4.30. The zero-order valence-corrected chi connectivity index (χ0v) is 23.2. The maximum atomic E-state index is 6.55. The summed E-state index contributed by atoms with van der Waals surface area (Å²) in [5.41, 5.74) is 2.11. The highest BCUT2D eigenvalue weighted by molar-refractivity contribution is 6.74. The van der Waals surface area contributed by atoms with Crippen LogP contribution in [0.25, 0.3) is 22.6 Å². The average Bonchev–Trinajstić information content (AvgIpc) is 3.32. The van der Waals surface area contributed by atoms with E-state index < -0.39 is 8.32 Å². The van der Waals surface area contributed by atoms with Crippen molar-refractivity contribution in [2.75, 3.05) is 35.5 Å². The summed E-state index contributed by atoms with van der Waals surface area (Å²) in [5.74, 6) is 3.83. The van der Waals surface area contributed by atoms with Gasteiger partial charge >= 0.3 is 0 Å². The molecular weight excluding hydrogens is 466 g/mol. The fraction of sp³-hybridized carbons (Fsp3) is 0.423. The molecule has 2 aromatic carbocycles. The van der Waals surface area contributed by atoms with Gasteiger partial charge in [0.15, 0.2) is 34.5 Å². The molecule has 1 aromatic heterocycles. The minimum atomic E-state index is -2.13. The molecule has 9 heteroatoms. The van der Waals surface area contributed by atoms with Gasteiger partial charge in [0.05, 0.1) is 35.5 Å². The lowest BCUT2D eigenvalue weighted by Gasteiger charge is -2.37. The van der Waals surface area contributed by atoms with Crippen LogP contribution in [0.1, 0.15) is 20.8 Å². The van der Waals surface area contributed by atoms with Gasteiger partial charge < -0.3 is 32.6 Å². The zero-order chi connectivity index (χ0) is 26.0. The van der Waals surface area contributed by atoms with Crippen LogP contribution in [0, 0.1) is 0 Å². The first-order valence-corrected chi connectivity index (χ1v) is 14.1. The van der Waals surface area contributed by atoms with Crippen molar-refractivity contribution in [2.45, 2.75) is 38.9 Å². The molecule has 0 aliphatic rings. The van der Waals surface area contributed by atoms with Crippen molar-refractivity contribution in [1.29, 1.82) is 0 Å². The van der Waals surface area contributed by atoms with Crippen LogP contribution in [0.3, 0.4) is 0 Å². The molecule has 190 valence electrons. The van der Waals surface area contributed by atoms with Crippen molar-refractivity contribution < 1.29 is 32.6 Å². The number of ether oxygens (including phenoxy) is 5. The van der Waals surface area contributed by atoms with Crippen LogP contribution < -0.4 is 28.1 Å². The molecule has 1 heterocycles. The summed E-state index contributed by atoms with van der Waals surface area (Å²) in [6.45, 7) is 10.9. The summed E-state index contributed by atoms with van der Waals surface area (Å²) in [6, 6.07) is 9.21. The van der Waals surface area contributed by atoms with Crippen LogP contribution in [-0.4, -0.2) is 49.0 Å². The Labute approximate surface area is 208 Å². The molecule has 0 unspecified atom stereocenters. The second kappa shape index (κ2) is 10.1. The third-order valence-electron chi connectivity index (χ3n) is 6.38. The van der Waals surface area contributed by atoms with Crippen molar-refractivity contribution in [2.24, 2.45) is 0 Å². The lowest BCUT2D eigenvalue weighted by atomic mass is 10.1. The number of hydrogen-bond acceptors (Lipinski definition) is 8. The highest BCUT2D eigenvalue weighted by atomic mass is 28.4. The van der Waals surface area contributed by atoms with Crippen molar-refractivity contribution in [3.8, 4) is 57.1 Å². The number of rotatable bonds is 9. The van der Waals surface area contributed by atoms with Gasteiger partial charge in [-0.2, -0.15) is 0 Å². The van der Waals surface area contributed by atoms with Crippen LogP contribution in [0.2, 0.25) is 18.1 Å². The molecule has 0 fully saturated rings. The molecular formula is C26H35NO7Si. The van der Waals surface area contributed by atoms with Gasteiger partial charge in [-0.1, -0.05) is 25.9 Å². The Bertz CT molecular complexity index is 1130. The standard InChI is InChI=1S/C26H35NO7Si/c1-26(2,3)35(9,10)34-25-22(30-6)11-16(12-23(25)31-7)18-15-19(33-27-18)17-13-20(28-4)24(32-8)21(14-17)29-5/h11-15H,1-10H3. The van der Waals surface area contributed by atoms with E-state index in [2.05, 4.69) is 39.0 Å². The second-order valence-electron chi connectivity index (χ2n) is 9.56. The van der Waals surface area contributed by atoms with Crippen molar-refractivity contribution in [1.82, 2.24) is 5.16 Å². The molecule has 0 atom stereocenters. The molecule has 0 aliphatic carbocycles. The number of nitrogens with zero attached hydrogens (tertiary/aromatic N) is 1. The van der Waals surface area contributed by atoms with Gasteiger partial charge in [-0.05, 0) is 42.4 Å². The first-order valence-electron chi connectivity index (χ1n) is 11.2. The Morgan fingerprint density at radius 1 is 0.657 bits per heavy atom. The SMILES string of the molecule is COc1cc(-c2cc(-c3cc(OC)c(O[Si](C)(C)C(C)(C)C)c(OC)c3)no2)cc(OC)c1OC. The monoisotopic (exact) mass is 501 g/mol. The predicted molar refractivity (Wildman–Crippen MR) is 138 cm³/mol. The van der Waals surface area contributed by atoms with Gasteiger partial charge in [0.2, 0.25) is 5.75 Å². The van der Waals surface area contributed by atoms with Crippen LogP contribution in [0.5, 0.6) is 34.5 Å². The van der Waals surface area contributed by atoms with E-state index in [0.717, 1.165) is 11.1 Å². The Balaban J connectivity index is 2.05. The van der Waals surface area contributed by atoms with E-state index in [4.69, 9.17) is 32.6 Å². The van der Waals surface area contributed by atoms with Crippen molar-refractivity contribution in [3.63, 3.8) is 0 Å². The minimum Gasteiger partial charge on any atom is -0.539 e. The van der Waals surface area contributed by atoms with Gasteiger partial charge in [-0.3, -0.25) is 0 Å². The maximum Gasteiger partial charge on any atom is 0.250 e. The Hall–Kier alpha value is -3.33. The maximum absolute atomic E-state index is 6.55. The van der Waals surface area contributed by atoms with Gasteiger partial charge in [0.25, 0.3) is 8.32 Å². The van der Waals surface area contributed by atoms with Gasteiger partial charge in [0.1, 0.15) is 5.69 Å². The molecule has 35 heavy (non-hydrogen) atoms. The third kappa shape index (κ3) is 5.19. The molecule has 0 bridgehead atoms. The molecule has 0 N–H and O–H groups in total. The Morgan fingerprint density at radius 3 is 1.54 bits per heavy atom. The van der Waals surface area contributed by atoms with Crippen LogP contribution in [0.4, 0.5) is 0 Å². The number of aromatic nitrogens is 1. The van der Waals surface area contributed by atoms with E-state index in [0.29, 0.717) is 46.0 Å². The smallest absolute Gasteiger partial charge is 0.250 e. The quantitative estimate of drug-likeness (QED) is 0.310. The Kier molecular flexibility index (Phi) is 7.59. The molecule has 0 amide bonds. The predicted octanol–water partition coefficient (Wildman–Crippen LogP) is 6.44. The van der Waals surface area contributed by atoms with Crippen molar-refractivity contribution in [3.05, 3.63) is 30.3 Å². The largest absolute Gasteiger partial charge is 0.539 e. The van der Waals surface area contributed by atoms with Gasteiger partial charge in [-0.25, -0.2) is 0 Å². The fourth-order valence-corrected chi connectivity index (χ4v) is 4.32. The van der Waals surface area contributed by atoms with E-state index >= 15 is 0 Å². The normalized spacial score (nSPS) is 11.7. The topological polar surface area (TPSA) is 81.4 Å². The van der Waals surface area contributed by atoms with Gasteiger partial charge in [-0.15, -0.1) is 0 Å². The molecule has 3 rings (SSSR count). The molecule has 3 aromatic rings. The zero-order valence-electron chi connectivity index (χ0n) is 22.2. The molecule has 0 radical (unpaired) electrons. The summed E-state index contributed by atoms with van der Waals surface area (Å²) in [7, 11) is 5.79. The minimum absolute atomic E-state index is 0.0171. The van der Waals surface area contributed by atoms with Crippen LogP contribution >= 0.6 is 0 Å². The summed E-state index contributed by atoms with van der Waals surface area (Å²) in [6.07, 6.45) is 0. The van der Waals surface area contributed by atoms with E-state index in [9.17, 15) is 0 Å². The lowest BCUT2D eigenvalue weighted by Crippen LogP contribution is -2.44. The van der Waals surface area contributed by atoms with Crippen molar-refractivity contribution >= 4 is 8.32 Å². The summed E-state index contributed by atoms with van der Waals surface area (Å²) >= 11 is 0. The third-order valence-corrected chi connectivity index (χ3v) is 10.7. The number of hydrogen-bond donors (Lipinski definition) is 0. The van der Waals surface area contributed by atoms with E-state index in [1.165, 1.54) is 0 Å². The first-order chi connectivity index (χ1) is 16.5. The highest BCUT2D eigenvalue weighted by Gasteiger charge is 2.40. The van der Waals surface area contributed by atoms with E-state index in [1.54, 1.807) is 35.5 Å². The molecule has 0 aliphatic heterocycles. The summed E-state index contributed by atoms with van der Waals surface area (Å²) in [4.78, 5) is 0. The van der Waals surface area contributed by atoms with Crippen LogP contribution in [0.15, 0.2) is 34.9 Å². The van der Waals surface area contributed by atoms with E-state index in [1.807, 2.05) is 30.3 Å². The summed E-state index contributed by atoms with van der Waals surface area (Å²) < 4.78 is 39.9. The van der Waals surface area contributed by atoms with Crippen LogP contribution in [-0.2, 0) is 0 Å². The second-order valence-corrected chi connectivity index (χ2v) is 14.3. The molecule has 0 saturated carbocycles. The number of benzene rings is 2. The van der Waals surface area contributed by atoms with E-state index in [-0.39, 0.29) is 5.04 Å².